The molecule has 1 unspecified atom stereocenters. The smallest absolute Gasteiger partial charge is 0.430 e. The van der Waals surface area contributed by atoms with Crippen LogP contribution in [-0.2, 0) is 10.4 Å². The molecule has 1 saturated heterocycles. The zero-order valence-corrected chi connectivity index (χ0v) is 23.5. The number of piperidine rings is 1. The van der Waals surface area contributed by atoms with Gasteiger partial charge in [0.25, 0.3) is 17.4 Å². The van der Waals surface area contributed by atoms with Gasteiger partial charge in [-0.05, 0) is 60.7 Å². The highest BCUT2D eigenvalue weighted by molar-refractivity contribution is 6.32. The van der Waals surface area contributed by atoms with Gasteiger partial charge in [-0.1, -0.05) is 35.9 Å². The van der Waals surface area contributed by atoms with Gasteiger partial charge in [-0.3, -0.25) is 9.59 Å². The fourth-order valence-electron chi connectivity index (χ4n) is 4.81. The topological polar surface area (TPSA) is 95.0 Å². The van der Waals surface area contributed by atoms with E-state index in [9.17, 15) is 27.9 Å². The van der Waals surface area contributed by atoms with E-state index in [0.717, 1.165) is 17.7 Å². The number of amides is 2. The number of nitrogens with one attached hydrogen (secondary N) is 1. The molecule has 3 aromatic rings. The van der Waals surface area contributed by atoms with Crippen LogP contribution in [0, 0.1) is 0 Å². The van der Waals surface area contributed by atoms with Gasteiger partial charge in [0.1, 0.15) is 16.7 Å². The number of anilines is 2. The van der Waals surface area contributed by atoms with Crippen LogP contribution in [0.1, 0.15) is 40.2 Å². The first-order valence-corrected chi connectivity index (χ1v) is 13.2. The van der Waals surface area contributed by atoms with E-state index in [1.165, 1.54) is 30.2 Å². The van der Waals surface area contributed by atoms with Crippen molar-refractivity contribution >= 4 is 34.9 Å². The number of hydrogen-bond acceptors (Lipinski definition) is 6. The second kappa shape index (κ2) is 12.0. The largest absolute Gasteiger partial charge is 0.497 e. The maximum atomic E-state index is 14.1. The number of carbonyl (C=O) groups is 2. The summed E-state index contributed by atoms with van der Waals surface area (Å²) in [6, 6.07) is 14.7. The van der Waals surface area contributed by atoms with Crippen molar-refractivity contribution in [3.63, 3.8) is 0 Å². The highest BCUT2D eigenvalue weighted by Crippen LogP contribution is 2.41. The number of ether oxygens (including phenoxy) is 1. The molecule has 0 radical (unpaired) electrons. The second-order valence-electron chi connectivity index (χ2n) is 9.99. The van der Waals surface area contributed by atoms with E-state index >= 15 is 0 Å². The van der Waals surface area contributed by atoms with Gasteiger partial charge in [-0.25, -0.2) is 4.98 Å². The SMILES string of the molecule is COc1cccc(C(O)(C(=O)Nc2cccc(C3CCN(c4ccc(C(=O)N(C)C)c(Cl)n4)CC3)c2)C(F)(F)F)c1. The Bertz CT molecular complexity index is 1430. The quantitative estimate of drug-likeness (QED) is 0.367. The van der Waals surface area contributed by atoms with Crippen LogP contribution in [0.3, 0.4) is 0 Å². The molecule has 4 rings (SSSR count). The molecule has 1 aliphatic heterocycles. The lowest BCUT2D eigenvalue weighted by molar-refractivity contribution is -0.254. The molecule has 1 aromatic heterocycles. The fourth-order valence-corrected chi connectivity index (χ4v) is 5.04. The van der Waals surface area contributed by atoms with Crippen molar-refractivity contribution in [2.75, 3.05) is 44.5 Å². The van der Waals surface area contributed by atoms with E-state index in [4.69, 9.17) is 16.3 Å². The number of benzene rings is 2. The number of nitrogens with zero attached hydrogens (tertiary/aromatic N) is 3. The number of hydrogen-bond donors (Lipinski definition) is 2. The molecule has 0 aliphatic carbocycles. The Morgan fingerprint density at radius 3 is 2.37 bits per heavy atom. The standard InChI is InChI=1S/C29H30ClF3N4O4/c1-36(2)26(38)23-10-11-24(35-25(23)30)37-14-12-18(13-15-37)19-6-4-8-21(16-19)34-27(39)28(40,29(31,32)33)20-7-5-9-22(17-20)41-3/h4-11,16-18,40H,12-15H2,1-3H3,(H,34,39). The summed E-state index contributed by atoms with van der Waals surface area (Å²) in [5, 5.41) is 13.1. The third-order valence-electron chi connectivity index (χ3n) is 7.13. The summed E-state index contributed by atoms with van der Waals surface area (Å²) < 4.78 is 47.1. The van der Waals surface area contributed by atoms with E-state index in [2.05, 4.69) is 15.2 Å². The van der Waals surface area contributed by atoms with Gasteiger partial charge >= 0.3 is 6.18 Å². The van der Waals surface area contributed by atoms with Gasteiger partial charge in [0.15, 0.2) is 0 Å². The van der Waals surface area contributed by atoms with Gasteiger partial charge in [-0.15, -0.1) is 0 Å². The van der Waals surface area contributed by atoms with Crippen molar-refractivity contribution in [3.8, 4) is 5.75 Å². The minimum Gasteiger partial charge on any atom is -0.497 e. The maximum Gasteiger partial charge on any atom is 0.430 e. The zero-order valence-electron chi connectivity index (χ0n) is 22.7. The van der Waals surface area contributed by atoms with Crippen LogP contribution in [0.25, 0.3) is 0 Å². The molecule has 2 amide bonds. The maximum absolute atomic E-state index is 14.1. The number of methoxy groups -OCH3 is 1. The predicted octanol–water partition coefficient (Wildman–Crippen LogP) is 5.22. The average molecular weight is 591 g/mol. The molecule has 1 atom stereocenters. The van der Waals surface area contributed by atoms with Gasteiger partial charge in [0.2, 0.25) is 0 Å². The van der Waals surface area contributed by atoms with Crippen LogP contribution in [-0.4, -0.2) is 67.3 Å². The van der Waals surface area contributed by atoms with E-state index in [0.29, 0.717) is 37.3 Å². The average Bonchev–Trinajstić information content (AvgIpc) is 2.95. The predicted molar refractivity (Wildman–Crippen MR) is 149 cm³/mol. The Labute approximate surface area is 240 Å². The summed E-state index contributed by atoms with van der Waals surface area (Å²) in [4.78, 5) is 33.0. The van der Waals surface area contributed by atoms with Crippen LogP contribution < -0.4 is 15.0 Å². The van der Waals surface area contributed by atoms with Gasteiger partial charge < -0.3 is 25.0 Å². The molecule has 41 heavy (non-hydrogen) atoms. The molecular weight excluding hydrogens is 561 g/mol. The van der Waals surface area contributed by atoms with Crippen molar-refractivity contribution in [2.45, 2.75) is 30.5 Å². The molecule has 2 heterocycles. The number of alkyl halides is 3. The monoisotopic (exact) mass is 590 g/mol. The molecule has 12 heteroatoms. The number of rotatable bonds is 7. The molecular formula is C29H30ClF3N4O4. The number of pyridine rings is 1. The lowest BCUT2D eigenvalue weighted by Crippen LogP contribution is -2.52. The summed E-state index contributed by atoms with van der Waals surface area (Å²) in [5.74, 6) is -1.06. The van der Waals surface area contributed by atoms with Crippen LogP contribution in [0.4, 0.5) is 24.7 Å². The highest BCUT2D eigenvalue weighted by Gasteiger charge is 2.61. The van der Waals surface area contributed by atoms with E-state index < -0.39 is 23.2 Å². The molecule has 218 valence electrons. The first kappa shape index (κ1) is 30.1. The van der Waals surface area contributed by atoms with Crippen LogP contribution >= 0.6 is 11.6 Å². The number of carbonyl (C=O) groups excluding carboxylic acids is 2. The van der Waals surface area contributed by atoms with Crippen LogP contribution in [0.15, 0.2) is 60.7 Å². The number of aromatic nitrogens is 1. The third-order valence-corrected chi connectivity index (χ3v) is 7.42. The summed E-state index contributed by atoms with van der Waals surface area (Å²) >= 11 is 6.27. The number of aliphatic hydroxyl groups is 1. The molecule has 0 saturated carbocycles. The van der Waals surface area contributed by atoms with Crippen molar-refractivity contribution in [2.24, 2.45) is 0 Å². The summed E-state index contributed by atoms with van der Waals surface area (Å²) in [6.45, 7) is 1.27. The highest BCUT2D eigenvalue weighted by atomic mass is 35.5. The molecule has 2 aromatic carbocycles. The number of halogens is 4. The molecule has 8 nitrogen and oxygen atoms in total. The van der Waals surface area contributed by atoms with Gasteiger partial charge in [0.05, 0.1) is 12.7 Å². The molecule has 2 N–H and O–H groups in total. The van der Waals surface area contributed by atoms with E-state index in [1.54, 1.807) is 38.4 Å². The fraction of sp³-hybridized carbons (Fsp3) is 0.345. The van der Waals surface area contributed by atoms with Gasteiger partial charge in [0, 0.05) is 38.4 Å². The van der Waals surface area contributed by atoms with Crippen LogP contribution in [0.2, 0.25) is 5.15 Å². The lowest BCUT2D eigenvalue weighted by Gasteiger charge is -2.33. The van der Waals surface area contributed by atoms with E-state index in [1.807, 2.05) is 6.07 Å². The van der Waals surface area contributed by atoms with E-state index in [-0.39, 0.29) is 28.4 Å². The summed E-state index contributed by atoms with van der Waals surface area (Å²) in [6.07, 6.45) is -3.86. The van der Waals surface area contributed by atoms with Gasteiger partial charge in [-0.2, -0.15) is 13.2 Å². The normalized spacial score (nSPS) is 15.7. The zero-order chi connectivity index (χ0) is 29.9. The minimum absolute atomic E-state index is 0.0711. The molecule has 0 spiro atoms. The first-order valence-electron chi connectivity index (χ1n) is 12.8. The Morgan fingerprint density at radius 2 is 1.76 bits per heavy atom. The third kappa shape index (κ3) is 6.25. The Balaban J connectivity index is 1.47. The molecule has 1 aliphatic rings. The van der Waals surface area contributed by atoms with Crippen LogP contribution in [0.5, 0.6) is 5.75 Å². The summed E-state index contributed by atoms with van der Waals surface area (Å²) in [7, 11) is 4.54. The molecule has 1 fully saturated rings. The van der Waals surface area contributed by atoms with Crippen molar-refractivity contribution in [1.29, 1.82) is 0 Å². The van der Waals surface area contributed by atoms with Crippen molar-refractivity contribution in [1.82, 2.24) is 9.88 Å². The first-order chi connectivity index (χ1) is 19.3. The Kier molecular flexibility index (Phi) is 8.79. The Hall–Kier alpha value is -3.83. The Morgan fingerprint density at radius 1 is 1.07 bits per heavy atom. The van der Waals surface area contributed by atoms with Crippen molar-refractivity contribution < 1.29 is 32.6 Å². The molecule has 0 bridgehead atoms. The van der Waals surface area contributed by atoms with Crippen molar-refractivity contribution in [3.05, 3.63) is 82.5 Å². The lowest BCUT2D eigenvalue weighted by atomic mass is 9.89. The minimum atomic E-state index is -5.29. The summed E-state index contributed by atoms with van der Waals surface area (Å²) in [5.41, 5.74) is -3.15. The second-order valence-corrected chi connectivity index (χ2v) is 10.3.